The van der Waals surface area contributed by atoms with Gasteiger partial charge in [-0.15, -0.1) is 0 Å². The van der Waals surface area contributed by atoms with E-state index in [1.807, 2.05) is 14.1 Å². The van der Waals surface area contributed by atoms with Crippen LogP contribution in [0.25, 0.3) is 0 Å². The van der Waals surface area contributed by atoms with Crippen LogP contribution in [0.5, 0.6) is 0 Å². The number of carbonyl (C=O) groups is 1. The van der Waals surface area contributed by atoms with E-state index in [1.54, 1.807) is 11.8 Å². The Labute approximate surface area is 121 Å². The van der Waals surface area contributed by atoms with Crippen molar-refractivity contribution in [1.29, 1.82) is 0 Å². The van der Waals surface area contributed by atoms with E-state index in [-0.39, 0.29) is 18.0 Å². The third-order valence-corrected chi connectivity index (χ3v) is 2.65. The molecule has 0 aliphatic rings. The SMILES string of the molecule is Cc1cc(=O)n(CC(=O)Nc2cnc(N(C)C)nc2)cn1. The number of carbonyl (C=O) groups excluding carboxylic acids is 1. The van der Waals surface area contributed by atoms with Gasteiger partial charge in [0.25, 0.3) is 5.56 Å². The van der Waals surface area contributed by atoms with E-state index < -0.39 is 0 Å². The van der Waals surface area contributed by atoms with E-state index in [1.165, 1.54) is 29.4 Å². The molecule has 0 saturated carbocycles. The van der Waals surface area contributed by atoms with Crippen molar-refractivity contribution in [3.05, 3.63) is 40.8 Å². The molecule has 0 aliphatic heterocycles. The van der Waals surface area contributed by atoms with Crippen molar-refractivity contribution in [3.8, 4) is 0 Å². The van der Waals surface area contributed by atoms with Crippen LogP contribution >= 0.6 is 0 Å². The minimum absolute atomic E-state index is 0.110. The molecular weight excluding hydrogens is 272 g/mol. The number of hydrogen-bond acceptors (Lipinski definition) is 6. The predicted octanol–water partition coefficient (Wildman–Crippen LogP) is 0.0464. The normalized spacial score (nSPS) is 10.2. The third kappa shape index (κ3) is 3.85. The van der Waals surface area contributed by atoms with Crippen molar-refractivity contribution in [1.82, 2.24) is 19.5 Å². The van der Waals surface area contributed by atoms with Crippen LogP contribution in [0.2, 0.25) is 0 Å². The van der Waals surface area contributed by atoms with Crippen molar-refractivity contribution < 1.29 is 4.79 Å². The average Bonchev–Trinajstić information content (AvgIpc) is 2.42. The van der Waals surface area contributed by atoms with E-state index in [9.17, 15) is 9.59 Å². The van der Waals surface area contributed by atoms with Gasteiger partial charge in [0.15, 0.2) is 0 Å². The molecule has 0 unspecified atom stereocenters. The second-order valence-electron chi connectivity index (χ2n) is 4.71. The predicted molar refractivity (Wildman–Crippen MR) is 78.2 cm³/mol. The van der Waals surface area contributed by atoms with E-state index in [2.05, 4.69) is 20.3 Å². The van der Waals surface area contributed by atoms with Crippen LogP contribution in [-0.4, -0.2) is 39.5 Å². The lowest BCUT2D eigenvalue weighted by Crippen LogP contribution is -2.27. The first-order valence-corrected chi connectivity index (χ1v) is 6.28. The summed E-state index contributed by atoms with van der Waals surface area (Å²) in [5.74, 6) is 0.205. The lowest BCUT2D eigenvalue weighted by Gasteiger charge is -2.10. The quantitative estimate of drug-likeness (QED) is 0.854. The molecule has 0 radical (unpaired) electrons. The molecular formula is C13H16N6O2. The highest BCUT2D eigenvalue weighted by atomic mass is 16.2. The van der Waals surface area contributed by atoms with E-state index >= 15 is 0 Å². The standard InChI is InChI=1S/C13H16N6O2/c1-9-4-12(21)19(8-16-9)7-11(20)17-10-5-14-13(15-6-10)18(2)3/h4-6,8H,7H2,1-3H3,(H,17,20). The Morgan fingerprint density at radius 1 is 1.29 bits per heavy atom. The Kier molecular flexibility index (Phi) is 4.27. The smallest absolute Gasteiger partial charge is 0.253 e. The molecule has 2 rings (SSSR count). The Morgan fingerprint density at radius 3 is 2.52 bits per heavy atom. The third-order valence-electron chi connectivity index (χ3n) is 2.65. The number of hydrogen-bond donors (Lipinski definition) is 1. The largest absolute Gasteiger partial charge is 0.347 e. The van der Waals surface area contributed by atoms with Gasteiger partial charge in [-0.05, 0) is 6.92 Å². The molecule has 0 spiro atoms. The van der Waals surface area contributed by atoms with Gasteiger partial charge < -0.3 is 10.2 Å². The molecule has 1 amide bonds. The fraction of sp³-hybridized carbons (Fsp3) is 0.308. The second-order valence-corrected chi connectivity index (χ2v) is 4.71. The summed E-state index contributed by atoms with van der Waals surface area (Å²) in [6.07, 6.45) is 4.37. The van der Waals surface area contributed by atoms with E-state index in [4.69, 9.17) is 0 Å². The molecule has 2 heterocycles. The number of rotatable bonds is 4. The Bertz CT molecular complexity index is 693. The van der Waals surface area contributed by atoms with Gasteiger partial charge in [-0.25, -0.2) is 15.0 Å². The second kappa shape index (κ2) is 6.12. The number of nitrogens with one attached hydrogen (secondary N) is 1. The monoisotopic (exact) mass is 288 g/mol. The maximum atomic E-state index is 11.9. The van der Waals surface area contributed by atoms with Crippen LogP contribution in [0.1, 0.15) is 5.69 Å². The highest BCUT2D eigenvalue weighted by Crippen LogP contribution is 2.07. The molecule has 0 saturated heterocycles. The van der Waals surface area contributed by atoms with Crippen molar-refractivity contribution >= 4 is 17.5 Å². The molecule has 21 heavy (non-hydrogen) atoms. The molecule has 0 atom stereocenters. The fourth-order valence-corrected chi connectivity index (χ4v) is 1.61. The highest BCUT2D eigenvalue weighted by molar-refractivity contribution is 5.90. The molecule has 2 aromatic rings. The minimum atomic E-state index is -0.344. The van der Waals surface area contributed by atoms with Crippen LogP contribution < -0.4 is 15.8 Å². The molecule has 0 bridgehead atoms. The zero-order chi connectivity index (χ0) is 15.4. The van der Waals surface area contributed by atoms with Crippen molar-refractivity contribution in [2.75, 3.05) is 24.3 Å². The first-order valence-electron chi connectivity index (χ1n) is 6.28. The van der Waals surface area contributed by atoms with Gasteiger partial charge in [0.05, 0.1) is 24.4 Å². The minimum Gasteiger partial charge on any atom is -0.347 e. The summed E-state index contributed by atoms with van der Waals surface area (Å²) in [5, 5.41) is 2.63. The zero-order valence-electron chi connectivity index (χ0n) is 12.1. The summed E-state index contributed by atoms with van der Waals surface area (Å²) in [4.78, 5) is 37.4. The maximum absolute atomic E-state index is 11.9. The number of nitrogens with zero attached hydrogens (tertiary/aromatic N) is 5. The molecule has 0 aliphatic carbocycles. The molecule has 8 nitrogen and oxygen atoms in total. The van der Waals surface area contributed by atoms with Gasteiger partial charge in [0.1, 0.15) is 6.54 Å². The van der Waals surface area contributed by atoms with Crippen LogP contribution in [-0.2, 0) is 11.3 Å². The lowest BCUT2D eigenvalue weighted by molar-refractivity contribution is -0.116. The van der Waals surface area contributed by atoms with Crippen LogP contribution in [0.4, 0.5) is 11.6 Å². The van der Waals surface area contributed by atoms with Crippen molar-refractivity contribution in [3.63, 3.8) is 0 Å². The summed E-state index contributed by atoms with van der Waals surface area (Å²) in [7, 11) is 3.65. The number of anilines is 2. The Hall–Kier alpha value is -2.77. The summed E-state index contributed by atoms with van der Waals surface area (Å²) in [6, 6.07) is 1.38. The molecule has 1 N–H and O–H groups in total. The van der Waals surface area contributed by atoms with Gasteiger partial charge in [-0.2, -0.15) is 0 Å². The molecule has 110 valence electrons. The number of aromatic nitrogens is 4. The van der Waals surface area contributed by atoms with Crippen molar-refractivity contribution in [2.45, 2.75) is 13.5 Å². The first kappa shape index (κ1) is 14.6. The summed E-state index contributed by atoms with van der Waals surface area (Å²) < 4.78 is 1.23. The summed E-state index contributed by atoms with van der Waals surface area (Å²) in [5.41, 5.74) is 0.819. The number of amides is 1. The van der Waals surface area contributed by atoms with Gasteiger partial charge >= 0.3 is 0 Å². The highest BCUT2D eigenvalue weighted by Gasteiger charge is 2.07. The van der Waals surface area contributed by atoms with Crippen LogP contribution in [0.3, 0.4) is 0 Å². The molecule has 2 aromatic heterocycles. The topological polar surface area (TPSA) is 93.0 Å². The van der Waals surface area contributed by atoms with Gasteiger partial charge in [-0.3, -0.25) is 14.2 Å². The summed E-state index contributed by atoms with van der Waals surface area (Å²) in [6.45, 7) is 1.61. The first-order chi connectivity index (χ1) is 9.95. The van der Waals surface area contributed by atoms with Crippen LogP contribution in [0, 0.1) is 6.92 Å². The fourth-order valence-electron chi connectivity index (χ4n) is 1.61. The van der Waals surface area contributed by atoms with Gasteiger partial charge in [0.2, 0.25) is 11.9 Å². The molecule has 0 aromatic carbocycles. The van der Waals surface area contributed by atoms with Gasteiger partial charge in [-0.1, -0.05) is 0 Å². The maximum Gasteiger partial charge on any atom is 0.253 e. The Balaban J connectivity index is 2.03. The zero-order valence-corrected chi connectivity index (χ0v) is 12.1. The Morgan fingerprint density at radius 2 is 1.95 bits per heavy atom. The van der Waals surface area contributed by atoms with Gasteiger partial charge in [0, 0.05) is 25.9 Å². The van der Waals surface area contributed by atoms with E-state index in [0.717, 1.165) is 0 Å². The summed E-state index contributed by atoms with van der Waals surface area (Å²) >= 11 is 0. The van der Waals surface area contributed by atoms with Crippen molar-refractivity contribution in [2.24, 2.45) is 0 Å². The molecule has 0 fully saturated rings. The van der Waals surface area contributed by atoms with Crippen LogP contribution in [0.15, 0.2) is 29.6 Å². The number of aryl methyl sites for hydroxylation is 1. The molecule has 8 heteroatoms. The average molecular weight is 288 g/mol. The van der Waals surface area contributed by atoms with E-state index in [0.29, 0.717) is 17.3 Å². The lowest BCUT2D eigenvalue weighted by atomic mass is 10.4.